The molecule has 262 valence electrons. The fraction of sp³-hybridized carbons (Fsp3) is 0.115. The molecule has 0 N–H and O–H groups in total. The van der Waals surface area contributed by atoms with Crippen LogP contribution >= 0.6 is 0 Å². The summed E-state index contributed by atoms with van der Waals surface area (Å²) in [7, 11) is 0. The second kappa shape index (κ2) is 11.5. The molecule has 0 saturated carbocycles. The molecule has 0 bridgehead atoms. The van der Waals surface area contributed by atoms with Gasteiger partial charge in [-0.15, -0.1) is 0 Å². The molecule has 2 heterocycles. The van der Waals surface area contributed by atoms with Crippen molar-refractivity contribution in [2.75, 3.05) is 4.90 Å². The predicted molar refractivity (Wildman–Crippen MR) is 230 cm³/mol. The molecule has 0 unspecified atom stereocenters. The molecule has 0 amide bonds. The van der Waals surface area contributed by atoms with Crippen LogP contribution in [0.3, 0.4) is 0 Å². The van der Waals surface area contributed by atoms with Gasteiger partial charge in [0.2, 0.25) is 5.95 Å². The Morgan fingerprint density at radius 2 is 0.818 bits per heavy atom. The Morgan fingerprint density at radius 1 is 0.364 bits per heavy atom. The van der Waals surface area contributed by atoms with Gasteiger partial charge in [-0.3, -0.25) is 4.90 Å². The molecule has 0 radical (unpaired) electrons. The highest BCUT2D eigenvalue weighted by atomic mass is 15.3. The van der Waals surface area contributed by atoms with E-state index < -0.39 is 0 Å². The Bertz CT molecular complexity index is 2970. The van der Waals surface area contributed by atoms with Crippen molar-refractivity contribution >= 4 is 49.6 Å². The standard InChI is InChI=1S/C52H39N3/c1-51(2)42-25-15-16-26-48(42)55(50-53-46(32-17-7-5-8-18-32)31-47(54-50)33-19-9-6-10-20-33)49-30-44-41(29-45(49)51)40-27-38-36-23-13-11-21-34(36)35-22-12-14-24-37(35)39(38)28-43(40)52(44,3)4/h5-31H,1-4H3. The quantitative estimate of drug-likeness (QED) is 0.171. The SMILES string of the molecule is CC1(C)c2cc3c(cc2-c2cc4c5ccccc5c5ccccc5c4cc21)C(C)(C)c1ccccc1N3c1nc(-c2ccccc2)cc(-c2ccccc2)n1. The first-order valence-corrected chi connectivity index (χ1v) is 19.3. The summed E-state index contributed by atoms with van der Waals surface area (Å²) >= 11 is 0. The molecule has 3 heteroatoms. The van der Waals surface area contributed by atoms with E-state index in [0.717, 1.165) is 33.9 Å². The monoisotopic (exact) mass is 705 g/mol. The van der Waals surface area contributed by atoms with Gasteiger partial charge < -0.3 is 0 Å². The van der Waals surface area contributed by atoms with Crippen LogP contribution in [0.25, 0.3) is 66.0 Å². The normalized spacial score (nSPS) is 14.8. The zero-order valence-corrected chi connectivity index (χ0v) is 31.4. The summed E-state index contributed by atoms with van der Waals surface area (Å²) in [5.74, 6) is 0.668. The third-order valence-electron chi connectivity index (χ3n) is 12.4. The summed E-state index contributed by atoms with van der Waals surface area (Å²) in [5.41, 5.74) is 13.5. The number of nitrogens with zero attached hydrogens (tertiary/aromatic N) is 3. The van der Waals surface area contributed by atoms with Crippen molar-refractivity contribution in [2.24, 2.45) is 0 Å². The Kier molecular flexibility index (Phi) is 6.65. The second-order valence-electron chi connectivity index (χ2n) is 16.2. The van der Waals surface area contributed by atoms with Crippen LogP contribution in [0.1, 0.15) is 49.9 Å². The maximum Gasteiger partial charge on any atom is 0.235 e. The van der Waals surface area contributed by atoms with E-state index in [2.05, 4.69) is 196 Å². The molecule has 0 spiro atoms. The topological polar surface area (TPSA) is 29.0 Å². The van der Waals surface area contributed by atoms with Gasteiger partial charge >= 0.3 is 0 Å². The molecule has 11 rings (SSSR count). The molecule has 0 atom stereocenters. The van der Waals surface area contributed by atoms with Crippen LogP contribution in [0.4, 0.5) is 17.3 Å². The Morgan fingerprint density at radius 3 is 1.42 bits per heavy atom. The number of fused-ring (bicyclic) bond motifs is 11. The zero-order valence-electron chi connectivity index (χ0n) is 31.4. The van der Waals surface area contributed by atoms with Crippen LogP contribution in [0.5, 0.6) is 0 Å². The first kappa shape index (κ1) is 31.9. The Balaban J connectivity index is 1.19. The lowest BCUT2D eigenvalue weighted by atomic mass is 9.72. The first-order chi connectivity index (χ1) is 26.8. The van der Waals surface area contributed by atoms with Crippen molar-refractivity contribution in [1.82, 2.24) is 9.97 Å². The highest BCUT2D eigenvalue weighted by Crippen LogP contribution is 2.58. The van der Waals surface area contributed by atoms with E-state index in [9.17, 15) is 0 Å². The van der Waals surface area contributed by atoms with E-state index in [1.165, 1.54) is 65.7 Å². The van der Waals surface area contributed by atoms with Crippen LogP contribution in [-0.2, 0) is 10.8 Å². The number of hydrogen-bond acceptors (Lipinski definition) is 3. The van der Waals surface area contributed by atoms with Crippen LogP contribution in [0.2, 0.25) is 0 Å². The molecule has 9 aromatic rings. The van der Waals surface area contributed by atoms with Gasteiger partial charge in [-0.05, 0) is 102 Å². The number of anilines is 3. The van der Waals surface area contributed by atoms with Crippen LogP contribution < -0.4 is 4.90 Å². The lowest BCUT2D eigenvalue weighted by Gasteiger charge is -2.42. The van der Waals surface area contributed by atoms with Gasteiger partial charge in [-0.1, -0.05) is 155 Å². The third kappa shape index (κ3) is 4.56. The van der Waals surface area contributed by atoms with Gasteiger partial charge in [-0.2, -0.15) is 0 Å². The number of aromatic nitrogens is 2. The maximum atomic E-state index is 5.38. The minimum Gasteiger partial charge on any atom is -0.279 e. The molecule has 1 aliphatic heterocycles. The first-order valence-electron chi connectivity index (χ1n) is 19.3. The molecule has 0 saturated heterocycles. The fourth-order valence-electron chi connectivity index (χ4n) is 9.59. The van der Waals surface area contributed by atoms with Gasteiger partial charge in [0.25, 0.3) is 0 Å². The average Bonchev–Trinajstić information content (AvgIpc) is 3.44. The third-order valence-corrected chi connectivity index (χ3v) is 12.4. The Hall–Kier alpha value is -6.58. The van der Waals surface area contributed by atoms with E-state index >= 15 is 0 Å². The fourth-order valence-corrected chi connectivity index (χ4v) is 9.59. The second-order valence-corrected chi connectivity index (χ2v) is 16.2. The van der Waals surface area contributed by atoms with Gasteiger partial charge in [0, 0.05) is 22.0 Å². The molecule has 2 aliphatic rings. The lowest BCUT2D eigenvalue weighted by molar-refractivity contribution is 0.626. The van der Waals surface area contributed by atoms with E-state index in [4.69, 9.17) is 9.97 Å². The highest BCUT2D eigenvalue weighted by molar-refractivity contribution is 6.26. The van der Waals surface area contributed by atoms with E-state index in [1.54, 1.807) is 0 Å². The Labute approximate surface area is 321 Å². The molecule has 8 aromatic carbocycles. The molecule has 3 nitrogen and oxygen atoms in total. The average molecular weight is 706 g/mol. The van der Waals surface area contributed by atoms with Crippen LogP contribution in [-0.4, -0.2) is 9.97 Å². The highest BCUT2D eigenvalue weighted by Gasteiger charge is 2.43. The molecule has 1 aliphatic carbocycles. The summed E-state index contributed by atoms with van der Waals surface area (Å²) < 4.78 is 0. The molecule has 0 fully saturated rings. The maximum absolute atomic E-state index is 5.38. The number of rotatable bonds is 3. The van der Waals surface area contributed by atoms with E-state index in [1.807, 2.05) is 0 Å². The molecular weight excluding hydrogens is 667 g/mol. The molecular formula is C52H39N3. The number of benzene rings is 8. The van der Waals surface area contributed by atoms with Crippen molar-refractivity contribution in [3.8, 4) is 33.6 Å². The molecule has 1 aromatic heterocycles. The minimum atomic E-state index is -0.274. The smallest absolute Gasteiger partial charge is 0.235 e. The zero-order chi connectivity index (χ0) is 37.1. The van der Waals surface area contributed by atoms with E-state index in [-0.39, 0.29) is 10.8 Å². The molecule has 55 heavy (non-hydrogen) atoms. The number of para-hydroxylation sites is 1. The van der Waals surface area contributed by atoms with Crippen LogP contribution in [0.15, 0.2) is 164 Å². The van der Waals surface area contributed by atoms with Crippen molar-refractivity contribution < 1.29 is 0 Å². The summed E-state index contributed by atoms with van der Waals surface area (Å²) in [5, 5.41) is 7.82. The van der Waals surface area contributed by atoms with Crippen molar-refractivity contribution in [3.63, 3.8) is 0 Å². The summed E-state index contributed by atoms with van der Waals surface area (Å²) in [6.45, 7) is 9.52. The lowest BCUT2D eigenvalue weighted by Crippen LogP contribution is -2.32. The van der Waals surface area contributed by atoms with Gasteiger partial charge in [-0.25, -0.2) is 9.97 Å². The van der Waals surface area contributed by atoms with Crippen molar-refractivity contribution in [2.45, 2.75) is 38.5 Å². The summed E-state index contributed by atoms with van der Waals surface area (Å²) in [4.78, 5) is 13.1. The van der Waals surface area contributed by atoms with Crippen LogP contribution in [0, 0.1) is 0 Å². The van der Waals surface area contributed by atoms with Crippen molar-refractivity contribution in [3.05, 3.63) is 186 Å². The van der Waals surface area contributed by atoms with E-state index in [0.29, 0.717) is 5.95 Å². The van der Waals surface area contributed by atoms with Gasteiger partial charge in [0.15, 0.2) is 0 Å². The number of hydrogen-bond donors (Lipinski definition) is 0. The van der Waals surface area contributed by atoms with Gasteiger partial charge in [0.1, 0.15) is 0 Å². The largest absolute Gasteiger partial charge is 0.279 e. The predicted octanol–water partition coefficient (Wildman–Crippen LogP) is 13.7. The summed E-state index contributed by atoms with van der Waals surface area (Å²) in [6.07, 6.45) is 0. The summed E-state index contributed by atoms with van der Waals surface area (Å²) in [6, 6.07) is 59.6. The van der Waals surface area contributed by atoms with Gasteiger partial charge in [0.05, 0.1) is 22.8 Å². The minimum absolute atomic E-state index is 0.241. The van der Waals surface area contributed by atoms with Crippen molar-refractivity contribution in [1.29, 1.82) is 0 Å².